The first-order chi connectivity index (χ1) is 17.9. The van der Waals surface area contributed by atoms with Gasteiger partial charge in [0, 0.05) is 11.1 Å². The molecule has 2 unspecified atom stereocenters. The Labute approximate surface area is 219 Å². The Morgan fingerprint density at radius 3 is 1.71 bits per heavy atom. The molecule has 206 valence electrons. The van der Waals surface area contributed by atoms with Crippen LogP contribution in [-0.4, -0.2) is 78.7 Å². The summed E-state index contributed by atoms with van der Waals surface area (Å²) >= 11 is 0. The molecule has 12 nitrogen and oxygen atoms in total. The number of benzene rings is 1. The lowest BCUT2D eigenvalue weighted by atomic mass is 10.0. The lowest BCUT2D eigenvalue weighted by Crippen LogP contribution is -2.26. The van der Waals surface area contributed by atoms with E-state index in [-0.39, 0.29) is 27.8 Å². The lowest BCUT2D eigenvalue weighted by Gasteiger charge is -2.14. The summed E-state index contributed by atoms with van der Waals surface area (Å²) in [5, 5.41) is 19.7. The largest absolute Gasteiger partial charge is 0.459 e. The first kappa shape index (κ1) is 31.7. The SMILES string of the molecule is C=C(C)C(=O)OCC(O)COC(=O)c1ccc(C(=O)OCC(O)COC(=O)C(=C)C)c(C(=O)O/C=C\C)c1. The molecule has 1 rings (SSSR count). The second kappa shape index (κ2) is 15.7. The molecule has 1 aromatic rings. The predicted molar refractivity (Wildman–Crippen MR) is 131 cm³/mol. The Morgan fingerprint density at radius 2 is 1.24 bits per heavy atom. The molecule has 0 aliphatic carbocycles. The standard InChI is InChI=1S/C26H30O12/c1-6-9-34-26(33)21-10-17(24(31)37-13-18(27)11-35-22(29)15(2)3)7-8-20(21)25(32)38-14-19(28)12-36-23(30)16(4)5/h6-10,18-19,27-28H,2,4,11-14H2,1,3,5H3/b9-6-. The lowest BCUT2D eigenvalue weighted by molar-refractivity contribution is -0.143. The zero-order chi connectivity index (χ0) is 28.8. The fraction of sp³-hybridized carbons (Fsp3) is 0.346. The van der Waals surface area contributed by atoms with Gasteiger partial charge in [0.1, 0.15) is 38.6 Å². The Balaban J connectivity index is 2.92. The third-order valence-corrected chi connectivity index (χ3v) is 4.33. The van der Waals surface area contributed by atoms with Gasteiger partial charge in [0.15, 0.2) is 0 Å². The number of hydrogen-bond donors (Lipinski definition) is 2. The molecule has 0 bridgehead atoms. The fourth-order valence-electron chi connectivity index (χ4n) is 2.40. The van der Waals surface area contributed by atoms with Crippen LogP contribution in [0.3, 0.4) is 0 Å². The number of allylic oxidation sites excluding steroid dienone is 1. The number of carbonyl (C=O) groups is 5. The van der Waals surface area contributed by atoms with Gasteiger partial charge in [-0.15, -0.1) is 0 Å². The molecule has 0 aromatic heterocycles. The first-order valence-electron chi connectivity index (χ1n) is 11.2. The highest BCUT2D eigenvalue weighted by Crippen LogP contribution is 2.17. The van der Waals surface area contributed by atoms with Crippen molar-refractivity contribution < 1.29 is 57.9 Å². The molecule has 0 radical (unpaired) electrons. The minimum absolute atomic E-state index is 0.123. The Bertz CT molecular complexity index is 1100. The van der Waals surface area contributed by atoms with Gasteiger partial charge in [-0.1, -0.05) is 19.2 Å². The van der Waals surface area contributed by atoms with E-state index in [0.717, 1.165) is 18.4 Å². The van der Waals surface area contributed by atoms with Gasteiger partial charge in [0.2, 0.25) is 0 Å². The fourth-order valence-corrected chi connectivity index (χ4v) is 2.40. The van der Waals surface area contributed by atoms with Crippen LogP contribution in [0, 0.1) is 0 Å². The predicted octanol–water partition coefficient (Wildman–Crippen LogP) is 1.65. The Hall–Kier alpha value is -4.29. The summed E-state index contributed by atoms with van der Waals surface area (Å²) in [5.41, 5.74) is -0.536. The van der Waals surface area contributed by atoms with E-state index in [4.69, 9.17) is 23.7 Å². The van der Waals surface area contributed by atoms with Crippen molar-refractivity contribution >= 4 is 29.8 Å². The summed E-state index contributed by atoms with van der Waals surface area (Å²) < 4.78 is 24.4. The van der Waals surface area contributed by atoms with Crippen molar-refractivity contribution in [2.24, 2.45) is 0 Å². The van der Waals surface area contributed by atoms with Crippen molar-refractivity contribution in [3.8, 4) is 0 Å². The summed E-state index contributed by atoms with van der Waals surface area (Å²) in [6, 6.07) is 3.32. The second-order valence-corrected chi connectivity index (χ2v) is 7.90. The van der Waals surface area contributed by atoms with E-state index in [1.54, 1.807) is 6.92 Å². The van der Waals surface area contributed by atoms with Crippen LogP contribution in [0.25, 0.3) is 0 Å². The van der Waals surface area contributed by atoms with Crippen molar-refractivity contribution in [2.45, 2.75) is 33.0 Å². The summed E-state index contributed by atoms with van der Waals surface area (Å²) in [7, 11) is 0. The zero-order valence-electron chi connectivity index (χ0n) is 21.3. The van der Waals surface area contributed by atoms with Gasteiger partial charge in [0.25, 0.3) is 0 Å². The van der Waals surface area contributed by atoms with Gasteiger partial charge < -0.3 is 33.9 Å². The van der Waals surface area contributed by atoms with E-state index in [9.17, 15) is 34.2 Å². The summed E-state index contributed by atoms with van der Waals surface area (Å²) in [6.07, 6.45) is -0.198. The minimum atomic E-state index is -1.35. The van der Waals surface area contributed by atoms with Gasteiger partial charge in [-0.25, -0.2) is 24.0 Å². The smallest absolute Gasteiger partial charge is 0.343 e. The molecule has 0 fully saturated rings. The van der Waals surface area contributed by atoms with Crippen molar-refractivity contribution in [1.82, 2.24) is 0 Å². The maximum atomic E-state index is 12.6. The molecule has 0 aliphatic heterocycles. The van der Waals surface area contributed by atoms with Crippen molar-refractivity contribution in [2.75, 3.05) is 26.4 Å². The average Bonchev–Trinajstić information content (AvgIpc) is 2.89. The average molecular weight is 535 g/mol. The number of rotatable bonds is 14. The van der Waals surface area contributed by atoms with Gasteiger partial charge >= 0.3 is 29.8 Å². The number of aliphatic hydroxyl groups is 2. The monoisotopic (exact) mass is 534 g/mol. The third-order valence-electron chi connectivity index (χ3n) is 4.33. The molecule has 2 N–H and O–H groups in total. The quantitative estimate of drug-likeness (QED) is 0.153. The van der Waals surface area contributed by atoms with Gasteiger partial charge in [-0.05, 0) is 39.0 Å². The van der Waals surface area contributed by atoms with Crippen molar-refractivity contribution in [3.63, 3.8) is 0 Å². The molecule has 2 atom stereocenters. The molecule has 38 heavy (non-hydrogen) atoms. The molecule has 0 heterocycles. The van der Waals surface area contributed by atoms with Gasteiger partial charge in [-0.3, -0.25) is 0 Å². The van der Waals surface area contributed by atoms with E-state index in [1.165, 1.54) is 26.0 Å². The van der Waals surface area contributed by atoms with Crippen LogP contribution in [0.2, 0.25) is 0 Å². The van der Waals surface area contributed by atoms with E-state index in [0.29, 0.717) is 0 Å². The molecular weight excluding hydrogens is 504 g/mol. The van der Waals surface area contributed by atoms with Crippen LogP contribution >= 0.6 is 0 Å². The van der Waals surface area contributed by atoms with E-state index >= 15 is 0 Å². The van der Waals surface area contributed by atoms with Crippen LogP contribution < -0.4 is 0 Å². The molecule has 0 amide bonds. The maximum Gasteiger partial charge on any atom is 0.343 e. The number of esters is 5. The van der Waals surface area contributed by atoms with Crippen molar-refractivity contribution in [1.29, 1.82) is 0 Å². The highest BCUT2D eigenvalue weighted by molar-refractivity contribution is 6.05. The summed E-state index contributed by atoms with van der Waals surface area (Å²) in [5.74, 6) is -4.43. The van der Waals surface area contributed by atoms with Crippen LogP contribution in [0.5, 0.6) is 0 Å². The molecule has 1 aromatic carbocycles. The van der Waals surface area contributed by atoms with E-state index in [1.807, 2.05) is 0 Å². The van der Waals surface area contributed by atoms with Crippen LogP contribution in [0.15, 0.2) is 54.8 Å². The Morgan fingerprint density at radius 1 is 0.763 bits per heavy atom. The number of carbonyl (C=O) groups excluding carboxylic acids is 5. The highest BCUT2D eigenvalue weighted by atomic mass is 16.6. The van der Waals surface area contributed by atoms with Crippen LogP contribution in [0.1, 0.15) is 51.8 Å². The van der Waals surface area contributed by atoms with Gasteiger partial charge in [0.05, 0.1) is 23.0 Å². The maximum absolute atomic E-state index is 12.6. The summed E-state index contributed by atoms with van der Waals surface area (Å²) in [6.45, 7) is 9.23. The second-order valence-electron chi connectivity index (χ2n) is 7.90. The zero-order valence-corrected chi connectivity index (χ0v) is 21.3. The van der Waals surface area contributed by atoms with Crippen molar-refractivity contribution in [3.05, 3.63) is 71.5 Å². The third kappa shape index (κ3) is 10.8. The Kier molecular flexibility index (Phi) is 13.1. The molecular formula is C26H30O12. The van der Waals surface area contributed by atoms with Gasteiger partial charge in [-0.2, -0.15) is 0 Å². The molecule has 0 saturated heterocycles. The number of hydrogen-bond acceptors (Lipinski definition) is 12. The molecule has 12 heteroatoms. The summed E-state index contributed by atoms with van der Waals surface area (Å²) in [4.78, 5) is 60.3. The molecule has 0 aliphatic rings. The molecule has 0 saturated carbocycles. The van der Waals surface area contributed by atoms with Crippen LogP contribution in [0.4, 0.5) is 0 Å². The highest BCUT2D eigenvalue weighted by Gasteiger charge is 2.23. The van der Waals surface area contributed by atoms with E-state index < -0.39 is 68.5 Å². The minimum Gasteiger partial charge on any atom is -0.459 e. The number of ether oxygens (including phenoxy) is 5. The van der Waals surface area contributed by atoms with Crippen LogP contribution in [-0.2, 0) is 33.3 Å². The van der Waals surface area contributed by atoms with E-state index in [2.05, 4.69) is 13.2 Å². The topological polar surface area (TPSA) is 172 Å². The molecule has 0 spiro atoms. The normalized spacial score (nSPS) is 12.1. The number of aliphatic hydroxyl groups excluding tert-OH is 2. The first-order valence-corrected chi connectivity index (χ1v) is 11.2.